The molecule has 0 heterocycles. The number of carboxylic acids is 1. The van der Waals surface area contributed by atoms with Gasteiger partial charge in [0.15, 0.2) is 5.96 Å². The average molecular weight is 330 g/mol. The Morgan fingerprint density at radius 2 is 1.87 bits per heavy atom. The maximum atomic E-state index is 12.3. The van der Waals surface area contributed by atoms with Gasteiger partial charge >= 0.3 is 5.97 Å². The van der Waals surface area contributed by atoms with Crippen LogP contribution in [0.1, 0.15) is 33.1 Å². The molecule has 2 atom stereocenters. The third-order valence-electron chi connectivity index (χ3n) is 3.25. The smallest absolute Gasteiger partial charge is 0.326 e. The molecule has 0 radical (unpaired) electrons. The Morgan fingerprint density at radius 1 is 1.22 bits per heavy atom. The van der Waals surface area contributed by atoms with Crippen molar-refractivity contribution in [2.45, 2.75) is 45.2 Å². The molecule has 0 aliphatic carbocycles. The van der Waals surface area contributed by atoms with E-state index in [1.54, 1.807) is 0 Å². The van der Waals surface area contributed by atoms with Crippen LogP contribution < -0.4 is 27.8 Å². The van der Waals surface area contributed by atoms with E-state index in [0.717, 1.165) is 6.42 Å². The number of carbonyl (C=O) groups excluding carboxylic acids is 1. The van der Waals surface area contributed by atoms with Gasteiger partial charge in [-0.05, 0) is 38.3 Å². The summed E-state index contributed by atoms with van der Waals surface area (Å²) in [4.78, 5) is 27.4. The van der Waals surface area contributed by atoms with Gasteiger partial charge in [0.2, 0.25) is 5.91 Å². The highest BCUT2D eigenvalue weighted by molar-refractivity contribution is 5.87. The fraction of sp³-hybridized carbons (Fsp3) is 0.786. The summed E-state index contributed by atoms with van der Waals surface area (Å²) in [6.45, 7) is 5.25. The average Bonchev–Trinajstić information content (AvgIpc) is 2.45. The number of amides is 1. The van der Waals surface area contributed by atoms with Crippen molar-refractivity contribution in [3.8, 4) is 0 Å². The molecule has 0 aromatic rings. The van der Waals surface area contributed by atoms with Crippen LogP contribution in [0.3, 0.4) is 0 Å². The van der Waals surface area contributed by atoms with Crippen molar-refractivity contribution in [1.29, 1.82) is 0 Å². The van der Waals surface area contributed by atoms with Gasteiger partial charge in [0.1, 0.15) is 6.04 Å². The number of carbonyl (C=O) groups is 2. The highest BCUT2D eigenvalue weighted by atomic mass is 16.4. The number of aliphatic carboxylic acids is 1. The molecule has 134 valence electrons. The predicted molar refractivity (Wildman–Crippen MR) is 89.8 cm³/mol. The fourth-order valence-electron chi connectivity index (χ4n) is 2.01. The zero-order valence-corrected chi connectivity index (χ0v) is 13.9. The molecule has 0 aliphatic rings. The molecule has 0 bridgehead atoms. The summed E-state index contributed by atoms with van der Waals surface area (Å²) in [6.07, 6.45) is 1.46. The van der Waals surface area contributed by atoms with E-state index >= 15 is 0 Å². The zero-order valence-electron chi connectivity index (χ0n) is 13.9. The highest BCUT2D eigenvalue weighted by Crippen LogP contribution is 2.05. The molecule has 9 heteroatoms. The Bertz CT molecular complexity index is 396. The molecule has 9 N–H and O–H groups in total. The van der Waals surface area contributed by atoms with Gasteiger partial charge in [0, 0.05) is 6.54 Å². The van der Waals surface area contributed by atoms with Crippen molar-refractivity contribution in [2.75, 3.05) is 19.6 Å². The Kier molecular flexibility index (Phi) is 10.7. The Labute approximate surface area is 137 Å². The highest BCUT2D eigenvalue weighted by Gasteiger charge is 2.26. The third-order valence-corrected chi connectivity index (χ3v) is 3.25. The van der Waals surface area contributed by atoms with Crippen LogP contribution in [0.5, 0.6) is 0 Å². The number of nitrogens with zero attached hydrogens (tertiary/aromatic N) is 1. The van der Waals surface area contributed by atoms with E-state index in [1.807, 2.05) is 13.8 Å². The first-order valence-corrected chi connectivity index (χ1v) is 7.81. The summed E-state index contributed by atoms with van der Waals surface area (Å²) >= 11 is 0. The Morgan fingerprint density at radius 3 is 2.35 bits per heavy atom. The third kappa shape index (κ3) is 9.69. The van der Waals surface area contributed by atoms with Gasteiger partial charge in [0.25, 0.3) is 0 Å². The molecule has 0 fully saturated rings. The van der Waals surface area contributed by atoms with Gasteiger partial charge in [-0.3, -0.25) is 9.79 Å². The van der Waals surface area contributed by atoms with Crippen LogP contribution in [0.15, 0.2) is 4.99 Å². The summed E-state index contributed by atoms with van der Waals surface area (Å²) in [5.41, 5.74) is 15.8. The second-order valence-corrected chi connectivity index (χ2v) is 5.67. The molecule has 0 unspecified atom stereocenters. The van der Waals surface area contributed by atoms with Crippen LogP contribution in [0.25, 0.3) is 0 Å². The number of rotatable bonds is 12. The maximum Gasteiger partial charge on any atom is 0.326 e. The number of hydrogen-bond donors (Lipinski definition) is 6. The van der Waals surface area contributed by atoms with E-state index in [4.69, 9.17) is 17.2 Å². The SMILES string of the molecule is CC(C)[C@H](NCCCN)C(=O)N[C@@H](CCCN=C(N)N)C(=O)O. The summed E-state index contributed by atoms with van der Waals surface area (Å²) < 4.78 is 0. The van der Waals surface area contributed by atoms with Crippen molar-refractivity contribution in [3.63, 3.8) is 0 Å². The molecule has 9 nitrogen and oxygen atoms in total. The lowest BCUT2D eigenvalue weighted by atomic mass is 10.0. The maximum absolute atomic E-state index is 12.3. The molecule has 0 rings (SSSR count). The minimum absolute atomic E-state index is 0.0313. The first-order chi connectivity index (χ1) is 10.8. The lowest BCUT2D eigenvalue weighted by molar-refractivity contribution is -0.142. The first-order valence-electron chi connectivity index (χ1n) is 7.81. The van der Waals surface area contributed by atoms with Gasteiger partial charge in [-0.2, -0.15) is 0 Å². The summed E-state index contributed by atoms with van der Waals surface area (Å²) in [7, 11) is 0. The number of carboxylic acid groups (broad SMARTS) is 1. The van der Waals surface area contributed by atoms with Gasteiger partial charge in [-0.25, -0.2) is 4.79 Å². The Hall–Kier alpha value is -1.87. The molecule has 23 heavy (non-hydrogen) atoms. The summed E-state index contributed by atoms with van der Waals surface area (Å²) in [5.74, 6) is -1.41. The van der Waals surface area contributed by atoms with Crippen LogP contribution >= 0.6 is 0 Å². The zero-order chi connectivity index (χ0) is 17.8. The van der Waals surface area contributed by atoms with Crippen LogP contribution in [0.2, 0.25) is 0 Å². The van der Waals surface area contributed by atoms with Crippen LogP contribution in [0, 0.1) is 5.92 Å². The van der Waals surface area contributed by atoms with Gasteiger partial charge in [-0.1, -0.05) is 13.8 Å². The largest absolute Gasteiger partial charge is 0.480 e. The summed E-state index contributed by atoms with van der Waals surface area (Å²) in [5, 5.41) is 14.9. The van der Waals surface area contributed by atoms with E-state index < -0.39 is 18.1 Å². The molecule has 0 aromatic carbocycles. The number of guanidine groups is 1. The number of nitrogens with two attached hydrogens (primary N) is 3. The van der Waals surface area contributed by atoms with Crippen LogP contribution in [0.4, 0.5) is 0 Å². The number of aliphatic imine (C=N–C) groups is 1. The Balaban J connectivity index is 4.54. The van der Waals surface area contributed by atoms with Crippen molar-refractivity contribution >= 4 is 17.8 Å². The van der Waals surface area contributed by atoms with Crippen molar-refractivity contribution in [1.82, 2.24) is 10.6 Å². The monoisotopic (exact) mass is 330 g/mol. The summed E-state index contributed by atoms with van der Waals surface area (Å²) in [6, 6.07) is -1.42. The van der Waals surface area contributed by atoms with Crippen LogP contribution in [-0.4, -0.2) is 54.7 Å². The number of hydrogen-bond acceptors (Lipinski definition) is 5. The second-order valence-electron chi connectivity index (χ2n) is 5.67. The molecular weight excluding hydrogens is 300 g/mol. The topological polar surface area (TPSA) is 169 Å². The first kappa shape index (κ1) is 21.1. The van der Waals surface area contributed by atoms with Crippen molar-refractivity contribution < 1.29 is 14.7 Å². The predicted octanol–water partition coefficient (Wildman–Crippen LogP) is -1.43. The van der Waals surface area contributed by atoms with E-state index in [0.29, 0.717) is 26.1 Å². The van der Waals surface area contributed by atoms with Gasteiger partial charge in [0.05, 0.1) is 6.04 Å². The molecule has 0 aromatic heterocycles. The normalized spacial score (nSPS) is 13.4. The van der Waals surface area contributed by atoms with Crippen LogP contribution in [-0.2, 0) is 9.59 Å². The minimum atomic E-state index is -1.08. The van der Waals surface area contributed by atoms with Crippen molar-refractivity contribution in [3.05, 3.63) is 0 Å². The fourth-order valence-corrected chi connectivity index (χ4v) is 2.01. The van der Waals surface area contributed by atoms with E-state index in [-0.39, 0.29) is 24.2 Å². The van der Waals surface area contributed by atoms with Gasteiger partial charge < -0.3 is 32.9 Å². The number of nitrogens with one attached hydrogen (secondary N) is 2. The lowest BCUT2D eigenvalue weighted by Gasteiger charge is -2.24. The molecule has 0 saturated heterocycles. The molecule has 0 spiro atoms. The minimum Gasteiger partial charge on any atom is -0.480 e. The van der Waals surface area contributed by atoms with Gasteiger partial charge in [-0.15, -0.1) is 0 Å². The van der Waals surface area contributed by atoms with E-state index in [9.17, 15) is 14.7 Å². The van der Waals surface area contributed by atoms with E-state index in [1.165, 1.54) is 0 Å². The molecule has 0 aliphatic heterocycles. The standard InChI is InChI=1S/C14H30N6O3/c1-9(2)11(18-8-4-6-15)12(21)20-10(13(22)23)5-3-7-19-14(16)17/h9-11,18H,3-8,15H2,1-2H3,(H,20,21)(H,22,23)(H4,16,17,19)/t10-,11-/m0/s1. The molecule has 1 amide bonds. The van der Waals surface area contributed by atoms with Crippen molar-refractivity contribution in [2.24, 2.45) is 28.1 Å². The second kappa shape index (κ2) is 11.7. The lowest BCUT2D eigenvalue weighted by Crippen LogP contribution is -2.52. The molecule has 0 saturated carbocycles. The van der Waals surface area contributed by atoms with E-state index in [2.05, 4.69) is 15.6 Å². The molecular formula is C14H30N6O3. The quantitative estimate of drug-likeness (QED) is 0.145.